The minimum atomic E-state index is -0.549. The van der Waals surface area contributed by atoms with Crippen LogP contribution in [0.25, 0.3) is 0 Å². The lowest BCUT2D eigenvalue weighted by Gasteiger charge is -2.15. The summed E-state index contributed by atoms with van der Waals surface area (Å²) in [5.74, 6) is 0. The maximum atomic E-state index is 9.68. The van der Waals surface area contributed by atoms with Crippen LogP contribution in [0.2, 0.25) is 5.02 Å². The molecule has 0 radical (unpaired) electrons. The first-order valence-electron chi connectivity index (χ1n) is 5.47. The molecule has 0 saturated heterocycles. The van der Waals surface area contributed by atoms with Gasteiger partial charge >= 0.3 is 0 Å². The third-order valence-corrected chi connectivity index (χ3v) is 2.90. The van der Waals surface area contributed by atoms with Crippen molar-refractivity contribution in [3.05, 3.63) is 27.7 Å². The molecule has 0 spiro atoms. The predicted octanol–water partition coefficient (Wildman–Crippen LogP) is 3.30. The Morgan fingerprint density at radius 3 is 2.82 bits per heavy atom. The lowest BCUT2D eigenvalue weighted by Crippen LogP contribution is -2.26. The fourth-order valence-electron chi connectivity index (χ4n) is 1.22. The Kier molecular flexibility index (Phi) is 6.27. The van der Waals surface area contributed by atoms with Crippen LogP contribution >= 0.6 is 27.5 Å². The molecule has 0 amide bonds. The van der Waals surface area contributed by atoms with Crippen molar-refractivity contribution < 1.29 is 9.84 Å². The van der Waals surface area contributed by atoms with Crippen molar-refractivity contribution in [1.29, 1.82) is 0 Å². The van der Waals surface area contributed by atoms with Gasteiger partial charge in [0.05, 0.1) is 29.5 Å². The van der Waals surface area contributed by atoms with Gasteiger partial charge in [0.15, 0.2) is 0 Å². The predicted molar refractivity (Wildman–Crippen MR) is 74.7 cm³/mol. The summed E-state index contributed by atoms with van der Waals surface area (Å²) in [4.78, 5) is 0. The maximum absolute atomic E-state index is 9.68. The fourth-order valence-corrected chi connectivity index (χ4v) is 1.77. The first kappa shape index (κ1) is 14.8. The standard InChI is InChI=1S/C12H17BrClNO2/c1-8(2)17-7-10(16)6-15-12-5-9(13)3-4-11(12)14/h3-5,8,10,15-16H,6-7H2,1-2H3. The number of aliphatic hydroxyl groups is 1. The molecular weight excluding hydrogens is 305 g/mol. The Morgan fingerprint density at radius 1 is 1.47 bits per heavy atom. The smallest absolute Gasteiger partial charge is 0.0945 e. The van der Waals surface area contributed by atoms with Crippen LogP contribution in [-0.2, 0) is 4.74 Å². The van der Waals surface area contributed by atoms with Crippen LogP contribution < -0.4 is 5.32 Å². The van der Waals surface area contributed by atoms with Crippen molar-refractivity contribution in [3.8, 4) is 0 Å². The van der Waals surface area contributed by atoms with E-state index in [1.54, 1.807) is 6.07 Å². The largest absolute Gasteiger partial charge is 0.389 e. The minimum absolute atomic E-state index is 0.124. The highest BCUT2D eigenvalue weighted by Gasteiger charge is 2.07. The van der Waals surface area contributed by atoms with Gasteiger partial charge in [-0.25, -0.2) is 0 Å². The van der Waals surface area contributed by atoms with E-state index < -0.39 is 6.10 Å². The zero-order valence-corrected chi connectivity index (χ0v) is 12.3. The monoisotopic (exact) mass is 321 g/mol. The van der Waals surface area contributed by atoms with Gasteiger partial charge in [0.1, 0.15) is 0 Å². The molecule has 3 nitrogen and oxygen atoms in total. The van der Waals surface area contributed by atoms with Crippen molar-refractivity contribution >= 4 is 33.2 Å². The van der Waals surface area contributed by atoms with Crippen molar-refractivity contribution in [2.75, 3.05) is 18.5 Å². The van der Waals surface area contributed by atoms with E-state index in [0.717, 1.165) is 10.2 Å². The van der Waals surface area contributed by atoms with Gasteiger partial charge in [0.2, 0.25) is 0 Å². The molecule has 1 aromatic rings. The molecule has 1 aromatic carbocycles. The highest BCUT2D eigenvalue weighted by molar-refractivity contribution is 9.10. The number of anilines is 1. The molecule has 2 N–H and O–H groups in total. The van der Waals surface area contributed by atoms with Gasteiger partial charge in [-0.1, -0.05) is 27.5 Å². The Balaban J connectivity index is 2.41. The van der Waals surface area contributed by atoms with Gasteiger partial charge in [0, 0.05) is 11.0 Å². The lowest BCUT2D eigenvalue weighted by atomic mass is 10.3. The Bertz CT molecular complexity index is 360. The molecule has 0 fully saturated rings. The van der Waals surface area contributed by atoms with E-state index in [-0.39, 0.29) is 6.10 Å². The van der Waals surface area contributed by atoms with Gasteiger partial charge in [-0.3, -0.25) is 0 Å². The number of nitrogens with one attached hydrogen (secondary N) is 1. The van der Waals surface area contributed by atoms with Crippen LogP contribution in [-0.4, -0.2) is 30.5 Å². The topological polar surface area (TPSA) is 41.5 Å². The van der Waals surface area contributed by atoms with Crippen LogP contribution in [0.15, 0.2) is 22.7 Å². The Hall–Kier alpha value is -0.290. The highest BCUT2D eigenvalue weighted by Crippen LogP contribution is 2.25. The summed E-state index contributed by atoms with van der Waals surface area (Å²) >= 11 is 9.38. The molecule has 0 aliphatic carbocycles. The molecule has 5 heteroatoms. The second kappa shape index (κ2) is 7.21. The summed E-state index contributed by atoms with van der Waals surface area (Å²) in [7, 11) is 0. The second-order valence-corrected chi connectivity index (χ2v) is 5.36. The summed E-state index contributed by atoms with van der Waals surface area (Å²) in [6, 6.07) is 5.54. The van der Waals surface area contributed by atoms with Gasteiger partial charge in [0.25, 0.3) is 0 Å². The van der Waals surface area contributed by atoms with Crippen molar-refractivity contribution in [2.24, 2.45) is 0 Å². The number of halogens is 2. The van der Waals surface area contributed by atoms with Crippen molar-refractivity contribution in [2.45, 2.75) is 26.1 Å². The molecule has 0 saturated carbocycles. The van der Waals surface area contributed by atoms with Crippen LogP contribution in [0, 0.1) is 0 Å². The third-order valence-electron chi connectivity index (χ3n) is 2.08. The van der Waals surface area contributed by atoms with E-state index in [2.05, 4.69) is 21.2 Å². The van der Waals surface area contributed by atoms with Crippen molar-refractivity contribution in [3.63, 3.8) is 0 Å². The first-order valence-corrected chi connectivity index (χ1v) is 6.64. The van der Waals surface area contributed by atoms with E-state index in [0.29, 0.717) is 18.2 Å². The SMILES string of the molecule is CC(C)OCC(O)CNc1cc(Br)ccc1Cl. The number of ether oxygens (including phenoxy) is 1. The minimum Gasteiger partial charge on any atom is -0.389 e. The van der Waals surface area contributed by atoms with Gasteiger partial charge in [-0.15, -0.1) is 0 Å². The fraction of sp³-hybridized carbons (Fsp3) is 0.500. The van der Waals surface area contributed by atoms with Gasteiger partial charge < -0.3 is 15.2 Å². The lowest BCUT2D eigenvalue weighted by molar-refractivity contribution is 0.0112. The molecular formula is C12H17BrClNO2. The second-order valence-electron chi connectivity index (χ2n) is 4.04. The maximum Gasteiger partial charge on any atom is 0.0945 e. The zero-order valence-electron chi connectivity index (χ0n) is 9.91. The average molecular weight is 323 g/mol. The summed E-state index contributed by atoms with van der Waals surface area (Å²) in [6.45, 7) is 4.59. The number of benzene rings is 1. The molecule has 96 valence electrons. The van der Waals surface area contributed by atoms with Crippen LogP contribution in [0.1, 0.15) is 13.8 Å². The van der Waals surface area contributed by atoms with Crippen LogP contribution in [0.4, 0.5) is 5.69 Å². The average Bonchev–Trinajstić information content (AvgIpc) is 2.27. The molecule has 0 bridgehead atoms. The number of rotatable bonds is 6. The van der Waals surface area contributed by atoms with E-state index in [1.807, 2.05) is 26.0 Å². The molecule has 1 rings (SSSR count). The third kappa shape index (κ3) is 5.73. The summed E-state index contributed by atoms with van der Waals surface area (Å²) in [5.41, 5.74) is 0.796. The van der Waals surface area contributed by atoms with Gasteiger partial charge in [-0.05, 0) is 32.0 Å². The summed E-state index contributed by atoms with van der Waals surface area (Å²) < 4.78 is 6.26. The van der Waals surface area contributed by atoms with E-state index in [9.17, 15) is 5.11 Å². The number of hydrogen-bond donors (Lipinski definition) is 2. The molecule has 17 heavy (non-hydrogen) atoms. The molecule has 0 aliphatic rings. The normalized spacial score (nSPS) is 12.8. The quantitative estimate of drug-likeness (QED) is 0.844. The van der Waals surface area contributed by atoms with Gasteiger partial charge in [-0.2, -0.15) is 0 Å². The van der Waals surface area contributed by atoms with E-state index >= 15 is 0 Å². The van der Waals surface area contributed by atoms with E-state index in [1.165, 1.54) is 0 Å². The zero-order chi connectivity index (χ0) is 12.8. The highest BCUT2D eigenvalue weighted by atomic mass is 79.9. The molecule has 1 atom stereocenters. The first-order chi connectivity index (χ1) is 7.99. The van der Waals surface area contributed by atoms with Crippen LogP contribution in [0.5, 0.6) is 0 Å². The Labute approximate surface area is 115 Å². The molecule has 0 aromatic heterocycles. The molecule has 1 unspecified atom stereocenters. The Morgan fingerprint density at radius 2 is 2.18 bits per heavy atom. The summed E-state index contributed by atoms with van der Waals surface area (Å²) in [6.07, 6.45) is -0.424. The molecule has 0 heterocycles. The van der Waals surface area contributed by atoms with Crippen molar-refractivity contribution in [1.82, 2.24) is 0 Å². The number of aliphatic hydroxyl groups excluding tert-OH is 1. The number of hydrogen-bond acceptors (Lipinski definition) is 3. The molecule has 0 aliphatic heterocycles. The van der Waals surface area contributed by atoms with E-state index in [4.69, 9.17) is 16.3 Å². The van der Waals surface area contributed by atoms with Crippen LogP contribution in [0.3, 0.4) is 0 Å². The summed E-state index contributed by atoms with van der Waals surface area (Å²) in [5, 5.41) is 13.4.